The third kappa shape index (κ3) is 4.00. The van der Waals surface area contributed by atoms with Crippen molar-refractivity contribution in [2.75, 3.05) is 7.05 Å². The van der Waals surface area contributed by atoms with Gasteiger partial charge in [0.25, 0.3) is 0 Å². The SMILES string of the molecule is CN.OCc1ccc2c(c1)CCC(Oc1ccc(O)cc1)C2. The largest absolute Gasteiger partial charge is 0.508 e. The number of phenols is 1. The lowest BCUT2D eigenvalue weighted by molar-refractivity contribution is 0.184. The maximum Gasteiger partial charge on any atom is 0.120 e. The van der Waals surface area contributed by atoms with Gasteiger partial charge in [0.2, 0.25) is 0 Å². The van der Waals surface area contributed by atoms with E-state index in [1.54, 1.807) is 24.3 Å². The summed E-state index contributed by atoms with van der Waals surface area (Å²) in [6.45, 7) is 0.0979. The third-order valence-corrected chi connectivity index (χ3v) is 3.78. The Labute approximate surface area is 131 Å². The van der Waals surface area contributed by atoms with E-state index >= 15 is 0 Å². The smallest absolute Gasteiger partial charge is 0.120 e. The maximum atomic E-state index is 9.27. The predicted molar refractivity (Wildman–Crippen MR) is 87.0 cm³/mol. The van der Waals surface area contributed by atoms with E-state index in [4.69, 9.17) is 9.84 Å². The van der Waals surface area contributed by atoms with E-state index in [2.05, 4.69) is 17.9 Å². The van der Waals surface area contributed by atoms with Crippen LogP contribution in [-0.2, 0) is 19.4 Å². The molecule has 0 bridgehead atoms. The Bertz CT molecular complexity index is 596. The van der Waals surface area contributed by atoms with Crippen LogP contribution in [-0.4, -0.2) is 23.4 Å². The van der Waals surface area contributed by atoms with Crippen molar-refractivity contribution in [2.45, 2.75) is 32.0 Å². The first-order valence-electron chi connectivity index (χ1n) is 7.49. The van der Waals surface area contributed by atoms with Crippen LogP contribution in [0.3, 0.4) is 0 Å². The molecule has 1 atom stereocenters. The quantitative estimate of drug-likeness (QED) is 0.813. The van der Waals surface area contributed by atoms with Crippen LogP contribution in [0.4, 0.5) is 0 Å². The van der Waals surface area contributed by atoms with E-state index in [1.165, 1.54) is 18.2 Å². The van der Waals surface area contributed by atoms with E-state index in [-0.39, 0.29) is 18.5 Å². The number of rotatable bonds is 3. The Hall–Kier alpha value is -2.04. The summed E-state index contributed by atoms with van der Waals surface area (Å²) in [7, 11) is 1.50. The van der Waals surface area contributed by atoms with Gasteiger partial charge in [-0.2, -0.15) is 0 Å². The van der Waals surface area contributed by atoms with Gasteiger partial charge in [-0.05, 0) is 60.8 Å². The molecule has 1 aliphatic rings. The normalized spacial score (nSPS) is 16.2. The van der Waals surface area contributed by atoms with Crippen molar-refractivity contribution in [1.82, 2.24) is 0 Å². The van der Waals surface area contributed by atoms with Gasteiger partial charge in [-0.1, -0.05) is 18.2 Å². The van der Waals surface area contributed by atoms with Gasteiger partial charge in [-0.3, -0.25) is 0 Å². The van der Waals surface area contributed by atoms with Crippen LogP contribution in [0.15, 0.2) is 42.5 Å². The van der Waals surface area contributed by atoms with Crippen LogP contribution in [0.2, 0.25) is 0 Å². The molecule has 0 radical (unpaired) electrons. The van der Waals surface area contributed by atoms with Gasteiger partial charge in [0.05, 0.1) is 6.61 Å². The van der Waals surface area contributed by atoms with Gasteiger partial charge in [-0.25, -0.2) is 0 Å². The van der Waals surface area contributed by atoms with Gasteiger partial charge < -0.3 is 20.7 Å². The fraction of sp³-hybridized carbons (Fsp3) is 0.333. The van der Waals surface area contributed by atoms with E-state index in [1.807, 2.05) is 6.07 Å². The van der Waals surface area contributed by atoms with Crippen LogP contribution in [0, 0.1) is 0 Å². The molecule has 118 valence electrons. The van der Waals surface area contributed by atoms with Crippen LogP contribution in [0.1, 0.15) is 23.1 Å². The van der Waals surface area contributed by atoms with Crippen molar-refractivity contribution >= 4 is 0 Å². The number of aryl methyl sites for hydroxylation is 1. The summed E-state index contributed by atoms with van der Waals surface area (Å²) in [5.74, 6) is 1.05. The standard InChI is InChI=1S/C17H18O3.CH5N/c18-11-12-1-2-14-10-17(6-3-13(14)9-12)20-16-7-4-15(19)5-8-16;1-2/h1-2,4-5,7-9,17-19H,3,6,10-11H2;2H2,1H3. The Balaban J connectivity index is 0.000000847. The van der Waals surface area contributed by atoms with Gasteiger partial charge in [0.15, 0.2) is 0 Å². The molecule has 22 heavy (non-hydrogen) atoms. The molecule has 0 amide bonds. The highest BCUT2D eigenvalue weighted by Crippen LogP contribution is 2.26. The third-order valence-electron chi connectivity index (χ3n) is 3.78. The Morgan fingerprint density at radius 2 is 1.82 bits per heavy atom. The molecule has 2 aromatic rings. The summed E-state index contributed by atoms with van der Waals surface area (Å²) in [4.78, 5) is 0. The van der Waals surface area contributed by atoms with Crippen LogP contribution in [0.25, 0.3) is 0 Å². The minimum absolute atomic E-state index is 0.0979. The van der Waals surface area contributed by atoms with Gasteiger partial charge in [-0.15, -0.1) is 0 Å². The molecule has 4 nitrogen and oxygen atoms in total. The summed E-state index contributed by atoms with van der Waals surface area (Å²) < 4.78 is 5.96. The number of nitrogens with two attached hydrogens (primary N) is 1. The van der Waals surface area contributed by atoms with Crippen molar-refractivity contribution < 1.29 is 14.9 Å². The first-order valence-corrected chi connectivity index (χ1v) is 7.49. The first-order chi connectivity index (χ1) is 10.7. The highest BCUT2D eigenvalue weighted by molar-refractivity contribution is 5.35. The lowest BCUT2D eigenvalue weighted by Gasteiger charge is -2.26. The number of aliphatic hydroxyl groups excluding tert-OH is 1. The summed E-state index contributed by atoms with van der Waals surface area (Å²) >= 11 is 0. The number of phenolic OH excluding ortho intramolecular Hbond substituents is 1. The molecule has 2 aromatic carbocycles. The Morgan fingerprint density at radius 1 is 1.09 bits per heavy atom. The number of aromatic hydroxyl groups is 1. The fourth-order valence-electron chi connectivity index (χ4n) is 2.69. The van der Waals surface area contributed by atoms with Crippen LogP contribution in [0.5, 0.6) is 11.5 Å². The molecule has 0 saturated carbocycles. The fourth-order valence-corrected chi connectivity index (χ4v) is 2.69. The van der Waals surface area contributed by atoms with Crippen LogP contribution >= 0.6 is 0 Å². The molecule has 0 spiro atoms. The lowest BCUT2D eigenvalue weighted by Crippen LogP contribution is -2.25. The minimum atomic E-state index is 0.0979. The second-order valence-corrected chi connectivity index (χ2v) is 5.24. The molecule has 0 fully saturated rings. The Morgan fingerprint density at radius 3 is 2.50 bits per heavy atom. The molecule has 4 N–H and O–H groups in total. The minimum Gasteiger partial charge on any atom is -0.508 e. The van der Waals surface area contributed by atoms with E-state index in [0.29, 0.717) is 0 Å². The maximum absolute atomic E-state index is 9.27. The van der Waals surface area contributed by atoms with Crippen molar-refractivity contribution in [3.63, 3.8) is 0 Å². The van der Waals surface area contributed by atoms with E-state index in [9.17, 15) is 5.11 Å². The molecule has 1 aliphatic carbocycles. The zero-order chi connectivity index (χ0) is 15.9. The zero-order valence-corrected chi connectivity index (χ0v) is 12.8. The second-order valence-electron chi connectivity index (χ2n) is 5.24. The number of hydrogen-bond donors (Lipinski definition) is 3. The summed E-state index contributed by atoms with van der Waals surface area (Å²) in [6, 6.07) is 13.0. The van der Waals surface area contributed by atoms with Crippen molar-refractivity contribution in [3.05, 3.63) is 59.2 Å². The highest BCUT2D eigenvalue weighted by atomic mass is 16.5. The molecule has 4 heteroatoms. The molecule has 3 rings (SSSR count). The predicted octanol–water partition coefficient (Wildman–Crippen LogP) is 2.40. The highest BCUT2D eigenvalue weighted by Gasteiger charge is 2.20. The zero-order valence-electron chi connectivity index (χ0n) is 12.8. The second kappa shape index (κ2) is 7.82. The molecule has 0 heterocycles. The molecular weight excluding hydrogens is 278 g/mol. The summed E-state index contributed by atoms with van der Waals surface area (Å²) in [5.41, 5.74) is 8.10. The molecule has 0 aliphatic heterocycles. The molecular formula is C18H23NO3. The van der Waals surface area contributed by atoms with Gasteiger partial charge in [0.1, 0.15) is 17.6 Å². The van der Waals surface area contributed by atoms with Gasteiger partial charge in [0, 0.05) is 6.42 Å². The van der Waals surface area contributed by atoms with Crippen molar-refractivity contribution in [2.24, 2.45) is 5.73 Å². The summed E-state index contributed by atoms with van der Waals surface area (Å²) in [6.07, 6.45) is 3.02. The van der Waals surface area contributed by atoms with Crippen LogP contribution < -0.4 is 10.5 Å². The first kappa shape index (κ1) is 16.3. The number of aliphatic hydroxyl groups is 1. The lowest BCUT2D eigenvalue weighted by atomic mass is 9.88. The monoisotopic (exact) mass is 301 g/mol. The average molecular weight is 301 g/mol. The molecule has 1 unspecified atom stereocenters. The number of fused-ring (bicyclic) bond motifs is 1. The molecule has 0 aromatic heterocycles. The van der Waals surface area contributed by atoms with Gasteiger partial charge >= 0.3 is 0 Å². The Kier molecular flexibility index (Phi) is 5.81. The number of hydrogen-bond acceptors (Lipinski definition) is 4. The number of benzene rings is 2. The topological polar surface area (TPSA) is 75.7 Å². The van der Waals surface area contributed by atoms with Crippen molar-refractivity contribution in [1.29, 1.82) is 0 Å². The summed E-state index contributed by atoms with van der Waals surface area (Å²) in [5, 5.41) is 18.4. The van der Waals surface area contributed by atoms with E-state index in [0.717, 1.165) is 30.6 Å². The average Bonchev–Trinajstić information content (AvgIpc) is 2.58. The molecule has 0 saturated heterocycles. The van der Waals surface area contributed by atoms with E-state index < -0.39 is 0 Å². The van der Waals surface area contributed by atoms with Crippen molar-refractivity contribution in [3.8, 4) is 11.5 Å². The number of ether oxygens (including phenoxy) is 1.